The molecule has 1 saturated heterocycles. The van der Waals surface area contributed by atoms with Crippen molar-refractivity contribution >= 4 is 21.8 Å². The molecule has 2 aromatic carbocycles. The van der Waals surface area contributed by atoms with Gasteiger partial charge in [-0.1, -0.05) is 0 Å². The minimum absolute atomic E-state index is 0.153. The fourth-order valence-corrected chi connectivity index (χ4v) is 3.60. The van der Waals surface area contributed by atoms with Gasteiger partial charge in [0.15, 0.2) is 0 Å². The Morgan fingerprint density at radius 3 is 2.48 bits per heavy atom. The van der Waals surface area contributed by atoms with Crippen LogP contribution < -0.4 is 9.47 Å². The average Bonchev–Trinajstić information content (AvgIpc) is 2.69. The Hall–Kier alpha value is -2.12. The molecule has 0 bridgehead atoms. The molecule has 0 aromatic heterocycles. The number of halogens is 2. The molecule has 0 aliphatic carbocycles. The topological polar surface area (TPSA) is 42.0 Å². The summed E-state index contributed by atoms with van der Waals surface area (Å²) in [4.78, 5) is 16.7. The maximum absolute atomic E-state index is 13.5. The molecule has 0 radical (unpaired) electrons. The van der Waals surface area contributed by atoms with Gasteiger partial charge in [-0.15, -0.1) is 0 Å². The van der Waals surface area contributed by atoms with E-state index in [2.05, 4.69) is 20.8 Å². The highest BCUT2D eigenvalue weighted by Crippen LogP contribution is 2.26. The molecule has 0 atom stereocenters. The van der Waals surface area contributed by atoms with E-state index in [1.165, 1.54) is 12.1 Å². The highest BCUT2D eigenvalue weighted by Gasteiger charge is 2.24. The Bertz CT molecular complexity index is 823. The zero-order chi connectivity index (χ0) is 19.4. The van der Waals surface area contributed by atoms with Crippen molar-refractivity contribution < 1.29 is 18.7 Å². The molecule has 0 unspecified atom stereocenters. The fraction of sp³-hybridized carbons (Fsp3) is 0.350. The third-order valence-electron chi connectivity index (χ3n) is 4.70. The lowest BCUT2D eigenvalue weighted by atomic mass is 10.1. The number of piperazine rings is 1. The highest BCUT2D eigenvalue weighted by atomic mass is 79.9. The van der Waals surface area contributed by atoms with Gasteiger partial charge in [0.05, 0.1) is 19.8 Å². The van der Waals surface area contributed by atoms with Crippen LogP contribution in [0.3, 0.4) is 0 Å². The standard InChI is InChI=1S/C20H22BrFN2O3/c1-26-16-4-6-19(27-2)14(11-16)13-23-7-9-24(10-8-23)20(25)17-12-15(22)3-5-18(17)21/h3-6,11-12H,7-10,13H2,1-2H3. The second kappa shape index (κ2) is 8.71. The van der Waals surface area contributed by atoms with Gasteiger partial charge in [-0.3, -0.25) is 9.69 Å². The first kappa shape index (κ1) is 19.6. The monoisotopic (exact) mass is 436 g/mol. The van der Waals surface area contributed by atoms with Crippen molar-refractivity contribution in [3.63, 3.8) is 0 Å². The van der Waals surface area contributed by atoms with Crippen LogP contribution in [0, 0.1) is 5.82 Å². The zero-order valence-electron chi connectivity index (χ0n) is 15.4. The minimum Gasteiger partial charge on any atom is -0.497 e. The number of nitrogens with zero attached hydrogens (tertiary/aromatic N) is 2. The van der Waals surface area contributed by atoms with Crippen LogP contribution in [0.4, 0.5) is 4.39 Å². The Balaban J connectivity index is 1.64. The van der Waals surface area contributed by atoms with Crippen molar-refractivity contribution in [3.8, 4) is 11.5 Å². The van der Waals surface area contributed by atoms with Gasteiger partial charge >= 0.3 is 0 Å². The van der Waals surface area contributed by atoms with Gasteiger partial charge in [-0.2, -0.15) is 0 Å². The van der Waals surface area contributed by atoms with Crippen molar-refractivity contribution in [1.29, 1.82) is 0 Å². The Kier molecular flexibility index (Phi) is 6.34. The third-order valence-corrected chi connectivity index (χ3v) is 5.39. The molecule has 1 amide bonds. The second-order valence-electron chi connectivity index (χ2n) is 6.37. The second-order valence-corrected chi connectivity index (χ2v) is 7.22. The average molecular weight is 437 g/mol. The Labute approximate surface area is 166 Å². The normalized spacial score (nSPS) is 14.9. The number of ether oxygens (including phenoxy) is 2. The van der Waals surface area contributed by atoms with Gasteiger partial charge in [-0.25, -0.2) is 4.39 Å². The first-order valence-electron chi connectivity index (χ1n) is 8.69. The highest BCUT2D eigenvalue weighted by molar-refractivity contribution is 9.10. The molecule has 144 valence electrons. The van der Waals surface area contributed by atoms with Crippen LogP contribution in [-0.4, -0.2) is 56.1 Å². The van der Waals surface area contributed by atoms with Crippen molar-refractivity contribution in [2.75, 3.05) is 40.4 Å². The van der Waals surface area contributed by atoms with E-state index >= 15 is 0 Å². The summed E-state index contributed by atoms with van der Waals surface area (Å²) in [6.45, 7) is 3.37. The SMILES string of the molecule is COc1ccc(OC)c(CN2CCN(C(=O)c3cc(F)ccc3Br)CC2)c1. The predicted octanol–water partition coefficient (Wildman–Crippen LogP) is 3.56. The fourth-order valence-electron chi connectivity index (χ4n) is 3.19. The van der Waals surface area contributed by atoms with E-state index in [4.69, 9.17) is 9.47 Å². The molecule has 0 N–H and O–H groups in total. The van der Waals surface area contributed by atoms with E-state index in [9.17, 15) is 9.18 Å². The van der Waals surface area contributed by atoms with Crippen molar-refractivity contribution in [2.45, 2.75) is 6.54 Å². The number of hydrogen-bond donors (Lipinski definition) is 0. The van der Waals surface area contributed by atoms with Crippen molar-refractivity contribution in [3.05, 3.63) is 57.8 Å². The van der Waals surface area contributed by atoms with Crippen LogP contribution in [0.5, 0.6) is 11.5 Å². The van der Waals surface area contributed by atoms with Gasteiger partial charge in [0.2, 0.25) is 0 Å². The van der Waals surface area contributed by atoms with Crippen molar-refractivity contribution in [1.82, 2.24) is 9.80 Å². The summed E-state index contributed by atoms with van der Waals surface area (Å²) in [6.07, 6.45) is 0. The Morgan fingerprint density at radius 1 is 1.07 bits per heavy atom. The summed E-state index contributed by atoms with van der Waals surface area (Å²) in [7, 11) is 3.29. The summed E-state index contributed by atoms with van der Waals surface area (Å²) >= 11 is 3.33. The first-order valence-corrected chi connectivity index (χ1v) is 9.48. The Morgan fingerprint density at radius 2 is 1.81 bits per heavy atom. The number of rotatable bonds is 5. The summed E-state index contributed by atoms with van der Waals surface area (Å²) < 4.78 is 24.8. The number of benzene rings is 2. The summed E-state index contributed by atoms with van der Waals surface area (Å²) in [6, 6.07) is 9.92. The van der Waals surface area contributed by atoms with Crippen LogP contribution in [0.1, 0.15) is 15.9 Å². The van der Waals surface area contributed by atoms with Crippen LogP contribution in [-0.2, 0) is 6.54 Å². The molecule has 3 rings (SSSR count). The zero-order valence-corrected chi connectivity index (χ0v) is 17.0. The lowest BCUT2D eigenvalue weighted by molar-refractivity contribution is 0.0626. The third kappa shape index (κ3) is 4.59. The number of carbonyl (C=O) groups is 1. The molecular weight excluding hydrogens is 415 g/mol. The van der Waals surface area contributed by atoms with Gasteiger partial charge in [-0.05, 0) is 52.3 Å². The number of amides is 1. The van der Waals surface area contributed by atoms with Crippen LogP contribution >= 0.6 is 15.9 Å². The van der Waals surface area contributed by atoms with Crippen LogP contribution in [0.25, 0.3) is 0 Å². The van der Waals surface area contributed by atoms with E-state index in [0.717, 1.165) is 30.2 Å². The quantitative estimate of drug-likeness (QED) is 0.718. The van der Waals surface area contributed by atoms with Gasteiger partial charge in [0.1, 0.15) is 17.3 Å². The summed E-state index contributed by atoms with van der Waals surface area (Å²) in [5, 5.41) is 0. The summed E-state index contributed by atoms with van der Waals surface area (Å²) in [5.74, 6) is 1.04. The van der Waals surface area contributed by atoms with Crippen LogP contribution in [0.2, 0.25) is 0 Å². The largest absolute Gasteiger partial charge is 0.497 e. The predicted molar refractivity (Wildman–Crippen MR) is 105 cm³/mol. The number of methoxy groups -OCH3 is 2. The van der Waals surface area contributed by atoms with E-state index in [0.29, 0.717) is 29.7 Å². The molecule has 1 heterocycles. The van der Waals surface area contributed by atoms with Gasteiger partial charge in [0.25, 0.3) is 5.91 Å². The van der Waals surface area contributed by atoms with E-state index < -0.39 is 5.82 Å². The molecule has 1 aliphatic rings. The molecule has 2 aromatic rings. The maximum Gasteiger partial charge on any atom is 0.255 e. The lowest BCUT2D eigenvalue weighted by Gasteiger charge is -2.35. The number of hydrogen-bond acceptors (Lipinski definition) is 4. The molecule has 0 saturated carbocycles. The smallest absolute Gasteiger partial charge is 0.255 e. The molecule has 27 heavy (non-hydrogen) atoms. The number of carbonyl (C=O) groups excluding carboxylic acids is 1. The van der Waals surface area contributed by atoms with Gasteiger partial charge < -0.3 is 14.4 Å². The molecular formula is C20H22BrFN2O3. The minimum atomic E-state index is -0.412. The molecule has 1 fully saturated rings. The van der Waals surface area contributed by atoms with E-state index in [-0.39, 0.29) is 5.91 Å². The van der Waals surface area contributed by atoms with E-state index in [1.54, 1.807) is 25.2 Å². The maximum atomic E-state index is 13.5. The molecule has 1 aliphatic heterocycles. The van der Waals surface area contributed by atoms with Crippen LogP contribution in [0.15, 0.2) is 40.9 Å². The summed E-state index contributed by atoms with van der Waals surface area (Å²) in [5.41, 5.74) is 1.41. The van der Waals surface area contributed by atoms with Crippen molar-refractivity contribution in [2.24, 2.45) is 0 Å². The molecule has 0 spiro atoms. The first-order chi connectivity index (χ1) is 13.0. The van der Waals surface area contributed by atoms with Gasteiger partial charge in [0, 0.05) is 42.8 Å². The lowest BCUT2D eigenvalue weighted by Crippen LogP contribution is -2.48. The molecule has 7 heteroatoms. The van der Waals surface area contributed by atoms with E-state index in [1.807, 2.05) is 18.2 Å². The molecule has 5 nitrogen and oxygen atoms in total.